The van der Waals surface area contributed by atoms with Gasteiger partial charge in [-0.3, -0.25) is 4.79 Å². The van der Waals surface area contributed by atoms with E-state index in [4.69, 9.17) is 10.8 Å². The maximum Gasteiger partial charge on any atom is 0.303 e. The number of carboxylic acids is 1. The largest absolute Gasteiger partial charge is 0.481 e. The molecule has 0 amide bonds. The summed E-state index contributed by atoms with van der Waals surface area (Å²) in [5.41, 5.74) is 5.54. The molecule has 0 aliphatic carbocycles. The Morgan fingerprint density at radius 2 is 1.86 bits per heavy atom. The number of aliphatic carboxylic acids is 1. The summed E-state index contributed by atoms with van der Waals surface area (Å²) in [6.45, 7) is 7.02. The number of carbonyl (C=O) groups is 1. The molecule has 3 heteroatoms. The average molecular weight is 201 g/mol. The fraction of sp³-hybridized carbons (Fsp3) is 0.909. The van der Waals surface area contributed by atoms with Crippen molar-refractivity contribution in [2.24, 2.45) is 23.5 Å². The zero-order valence-electron chi connectivity index (χ0n) is 9.49. The summed E-state index contributed by atoms with van der Waals surface area (Å²) in [5, 5.41) is 8.65. The second-order valence-electron chi connectivity index (χ2n) is 4.67. The van der Waals surface area contributed by atoms with E-state index < -0.39 is 5.97 Å². The fourth-order valence-electron chi connectivity index (χ4n) is 1.98. The highest BCUT2D eigenvalue weighted by molar-refractivity contribution is 5.67. The lowest BCUT2D eigenvalue weighted by Crippen LogP contribution is -2.20. The van der Waals surface area contributed by atoms with Crippen molar-refractivity contribution in [2.45, 2.75) is 40.0 Å². The van der Waals surface area contributed by atoms with E-state index >= 15 is 0 Å². The van der Waals surface area contributed by atoms with E-state index in [1.807, 2.05) is 0 Å². The molecule has 0 aliphatic heterocycles. The number of hydrogen-bond donors (Lipinski definition) is 2. The molecule has 0 rings (SSSR count). The van der Waals surface area contributed by atoms with Gasteiger partial charge in [0.05, 0.1) is 0 Å². The molecule has 0 bridgehead atoms. The van der Waals surface area contributed by atoms with Crippen molar-refractivity contribution in [1.82, 2.24) is 0 Å². The quantitative estimate of drug-likeness (QED) is 0.663. The van der Waals surface area contributed by atoms with Crippen LogP contribution < -0.4 is 5.73 Å². The Bertz CT molecular complexity index is 169. The van der Waals surface area contributed by atoms with Crippen LogP contribution in [0.15, 0.2) is 0 Å². The van der Waals surface area contributed by atoms with Crippen LogP contribution in [0.2, 0.25) is 0 Å². The fourth-order valence-corrected chi connectivity index (χ4v) is 1.98. The molecule has 84 valence electrons. The monoisotopic (exact) mass is 201 g/mol. The van der Waals surface area contributed by atoms with Crippen molar-refractivity contribution < 1.29 is 9.90 Å². The van der Waals surface area contributed by atoms with Gasteiger partial charge in [0.25, 0.3) is 0 Å². The summed E-state index contributed by atoms with van der Waals surface area (Å²) in [5.74, 6) is 0.648. The minimum Gasteiger partial charge on any atom is -0.481 e. The van der Waals surface area contributed by atoms with E-state index in [0.29, 0.717) is 18.4 Å². The smallest absolute Gasteiger partial charge is 0.303 e. The first-order chi connectivity index (χ1) is 6.45. The van der Waals surface area contributed by atoms with E-state index in [9.17, 15) is 4.79 Å². The third kappa shape index (κ3) is 6.89. The second kappa shape index (κ2) is 6.82. The van der Waals surface area contributed by atoms with Crippen molar-refractivity contribution >= 4 is 5.97 Å². The van der Waals surface area contributed by atoms with Gasteiger partial charge in [0.15, 0.2) is 0 Å². The SMILES string of the molecule is CC(C)C[C@H](C)C[C@@H](CN)CC(=O)O. The van der Waals surface area contributed by atoms with Crippen molar-refractivity contribution in [3.8, 4) is 0 Å². The normalized spacial score (nSPS) is 15.5. The predicted molar refractivity (Wildman–Crippen MR) is 58.0 cm³/mol. The number of carboxylic acid groups (broad SMARTS) is 1. The summed E-state index contributed by atoms with van der Waals surface area (Å²) in [7, 11) is 0. The van der Waals surface area contributed by atoms with Crippen LogP contribution in [0.3, 0.4) is 0 Å². The maximum absolute atomic E-state index is 10.5. The Morgan fingerprint density at radius 3 is 2.21 bits per heavy atom. The number of nitrogens with two attached hydrogens (primary N) is 1. The van der Waals surface area contributed by atoms with Gasteiger partial charge in [-0.05, 0) is 37.1 Å². The number of rotatable bonds is 7. The predicted octanol–water partition coefficient (Wildman–Crippen LogP) is 2.11. The summed E-state index contributed by atoms with van der Waals surface area (Å²) < 4.78 is 0. The lowest BCUT2D eigenvalue weighted by molar-refractivity contribution is -0.138. The molecule has 0 radical (unpaired) electrons. The lowest BCUT2D eigenvalue weighted by atomic mass is 9.88. The zero-order chi connectivity index (χ0) is 11.1. The maximum atomic E-state index is 10.5. The Balaban J connectivity index is 3.85. The topological polar surface area (TPSA) is 63.3 Å². The van der Waals surface area contributed by atoms with Gasteiger partial charge in [0.1, 0.15) is 0 Å². The van der Waals surface area contributed by atoms with E-state index in [2.05, 4.69) is 20.8 Å². The van der Waals surface area contributed by atoms with Gasteiger partial charge in [0, 0.05) is 6.42 Å². The third-order valence-electron chi connectivity index (χ3n) is 2.41. The Morgan fingerprint density at radius 1 is 1.29 bits per heavy atom. The third-order valence-corrected chi connectivity index (χ3v) is 2.41. The first-order valence-corrected chi connectivity index (χ1v) is 5.37. The molecule has 0 saturated carbocycles. The molecule has 0 aromatic carbocycles. The minimum atomic E-state index is -0.739. The molecule has 0 aromatic heterocycles. The molecule has 0 saturated heterocycles. The molecule has 0 fully saturated rings. The number of hydrogen-bond acceptors (Lipinski definition) is 2. The van der Waals surface area contributed by atoms with Crippen molar-refractivity contribution in [3.63, 3.8) is 0 Å². The van der Waals surface area contributed by atoms with Gasteiger partial charge in [-0.2, -0.15) is 0 Å². The van der Waals surface area contributed by atoms with Gasteiger partial charge in [-0.15, -0.1) is 0 Å². The van der Waals surface area contributed by atoms with Crippen LogP contribution in [-0.2, 0) is 4.79 Å². The first-order valence-electron chi connectivity index (χ1n) is 5.37. The molecule has 0 aromatic rings. The van der Waals surface area contributed by atoms with E-state index in [0.717, 1.165) is 12.8 Å². The lowest BCUT2D eigenvalue weighted by Gasteiger charge is -2.19. The molecule has 0 heterocycles. The second-order valence-corrected chi connectivity index (χ2v) is 4.67. The van der Waals surface area contributed by atoms with Crippen LogP contribution in [0.1, 0.15) is 40.0 Å². The van der Waals surface area contributed by atoms with E-state index in [1.54, 1.807) is 0 Å². The summed E-state index contributed by atoms with van der Waals surface area (Å²) in [6.07, 6.45) is 2.29. The molecular formula is C11H23NO2. The zero-order valence-corrected chi connectivity index (χ0v) is 9.49. The molecule has 0 unspecified atom stereocenters. The van der Waals surface area contributed by atoms with Crippen LogP contribution in [0.25, 0.3) is 0 Å². The molecular weight excluding hydrogens is 178 g/mol. The minimum absolute atomic E-state index is 0.140. The van der Waals surface area contributed by atoms with Gasteiger partial charge in [0.2, 0.25) is 0 Å². The molecule has 3 nitrogen and oxygen atoms in total. The van der Waals surface area contributed by atoms with Crippen LogP contribution in [0.4, 0.5) is 0 Å². The Kier molecular flexibility index (Phi) is 6.54. The highest BCUT2D eigenvalue weighted by Gasteiger charge is 2.15. The van der Waals surface area contributed by atoms with Crippen LogP contribution >= 0.6 is 0 Å². The van der Waals surface area contributed by atoms with Gasteiger partial charge < -0.3 is 10.8 Å². The first kappa shape index (κ1) is 13.4. The van der Waals surface area contributed by atoms with E-state index in [-0.39, 0.29) is 12.3 Å². The Labute approximate surface area is 86.7 Å². The molecule has 2 atom stereocenters. The van der Waals surface area contributed by atoms with Crippen molar-refractivity contribution in [1.29, 1.82) is 0 Å². The highest BCUT2D eigenvalue weighted by Crippen LogP contribution is 2.20. The van der Waals surface area contributed by atoms with Crippen LogP contribution in [-0.4, -0.2) is 17.6 Å². The summed E-state index contributed by atoms with van der Waals surface area (Å²) in [4.78, 5) is 10.5. The van der Waals surface area contributed by atoms with Crippen LogP contribution in [0, 0.1) is 17.8 Å². The summed E-state index contributed by atoms with van der Waals surface area (Å²) in [6, 6.07) is 0. The van der Waals surface area contributed by atoms with E-state index in [1.165, 1.54) is 0 Å². The molecule has 14 heavy (non-hydrogen) atoms. The molecule has 0 spiro atoms. The highest BCUT2D eigenvalue weighted by atomic mass is 16.4. The molecule has 0 aliphatic rings. The summed E-state index contributed by atoms with van der Waals surface area (Å²) >= 11 is 0. The van der Waals surface area contributed by atoms with Crippen LogP contribution in [0.5, 0.6) is 0 Å². The van der Waals surface area contributed by atoms with Gasteiger partial charge >= 0.3 is 5.97 Å². The van der Waals surface area contributed by atoms with Crippen molar-refractivity contribution in [3.05, 3.63) is 0 Å². The standard InChI is InChI=1S/C11H23NO2/c1-8(2)4-9(3)5-10(7-12)6-11(13)14/h8-10H,4-7,12H2,1-3H3,(H,13,14)/t9-,10+/m0/s1. The molecule has 3 N–H and O–H groups in total. The Hall–Kier alpha value is -0.570. The van der Waals surface area contributed by atoms with Gasteiger partial charge in [-0.25, -0.2) is 0 Å². The van der Waals surface area contributed by atoms with Crippen molar-refractivity contribution in [2.75, 3.05) is 6.54 Å². The average Bonchev–Trinajstić information content (AvgIpc) is 2.00. The van der Waals surface area contributed by atoms with Gasteiger partial charge in [-0.1, -0.05) is 20.8 Å².